The minimum atomic E-state index is -1.37. The third-order valence-electron chi connectivity index (χ3n) is 1.21. The van der Waals surface area contributed by atoms with Gasteiger partial charge in [-0.25, -0.2) is 0 Å². The summed E-state index contributed by atoms with van der Waals surface area (Å²) in [5, 5.41) is 0.594. The predicted octanol–water partition coefficient (Wildman–Crippen LogP) is 3.21. The van der Waals surface area contributed by atoms with Crippen LogP contribution in [-0.2, 0) is 10.8 Å². The number of hydrogen-bond acceptors (Lipinski definition) is 1. The van der Waals surface area contributed by atoms with Crippen molar-refractivity contribution < 1.29 is 4.21 Å². The summed E-state index contributed by atoms with van der Waals surface area (Å²) in [7, 11) is -1.37. The number of hydrogen-bond donors (Lipinski definition) is 0. The average molecular weight is 244 g/mol. The molecule has 0 aliphatic rings. The molecule has 1 aromatic rings. The quantitative estimate of drug-likeness (QED) is 0.729. The maximum atomic E-state index is 11.3. The van der Waals surface area contributed by atoms with Crippen molar-refractivity contribution in [2.24, 2.45) is 0 Å². The number of alkyl halides is 2. The van der Waals surface area contributed by atoms with Gasteiger partial charge in [0, 0.05) is 9.92 Å². The van der Waals surface area contributed by atoms with E-state index in [1.807, 2.05) is 0 Å². The lowest BCUT2D eigenvalue weighted by molar-refractivity contribution is 0.685. The fraction of sp³-hybridized carbons (Fsp3) is 0.143. The Morgan fingerprint density at radius 1 is 1.17 bits per heavy atom. The lowest BCUT2D eigenvalue weighted by Gasteiger charge is -2.01. The second kappa shape index (κ2) is 4.47. The van der Waals surface area contributed by atoms with Gasteiger partial charge in [0.2, 0.25) is 0 Å². The largest absolute Gasteiger partial charge is 0.252 e. The first-order valence-electron chi connectivity index (χ1n) is 3.05. The van der Waals surface area contributed by atoms with E-state index in [1.165, 1.54) is 0 Å². The van der Waals surface area contributed by atoms with Gasteiger partial charge in [-0.2, -0.15) is 0 Å². The maximum absolute atomic E-state index is 11.3. The Balaban J connectivity index is 2.90. The molecule has 0 aliphatic heterocycles. The van der Waals surface area contributed by atoms with E-state index in [1.54, 1.807) is 24.3 Å². The van der Waals surface area contributed by atoms with Crippen LogP contribution in [0, 0.1) is 0 Å². The Labute approximate surface area is 88.1 Å². The van der Waals surface area contributed by atoms with Crippen LogP contribution in [0.15, 0.2) is 29.2 Å². The van der Waals surface area contributed by atoms with Gasteiger partial charge in [0.15, 0.2) is 4.17 Å². The van der Waals surface area contributed by atoms with Gasteiger partial charge in [0.1, 0.15) is 0 Å². The average Bonchev–Trinajstić information content (AvgIpc) is 2.04. The van der Waals surface area contributed by atoms with E-state index in [2.05, 4.69) is 0 Å². The van der Waals surface area contributed by atoms with Crippen molar-refractivity contribution in [2.75, 3.05) is 0 Å². The number of halogens is 3. The second-order valence-corrected chi connectivity index (χ2v) is 5.60. The van der Waals surface area contributed by atoms with Gasteiger partial charge < -0.3 is 0 Å². The van der Waals surface area contributed by atoms with Crippen molar-refractivity contribution in [3.8, 4) is 0 Å². The van der Waals surface area contributed by atoms with Crippen molar-refractivity contribution in [1.29, 1.82) is 0 Å². The smallest absolute Gasteiger partial charge is 0.186 e. The molecular weight excluding hydrogens is 239 g/mol. The van der Waals surface area contributed by atoms with Crippen LogP contribution >= 0.6 is 34.8 Å². The van der Waals surface area contributed by atoms with E-state index < -0.39 is 15.0 Å². The SMILES string of the molecule is O=S(c1ccc(Cl)cc1)C(Cl)Cl. The van der Waals surface area contributed by atoms with Gasteiger partial charge >= 0.3 is 0 Å². The van der Waals surface area contributed by atoms with Gasteiger partial charge in [0.25, 0.3) is 0 Å². The molecule has 5 heteroatoms. The topological polar surface area (TPSA) is 17.1 Å². The molecule has 1 atom stereocenters. The van der Waals surface area contributed by atoms with Crippen molar-refractivity contribution in [1.82, 2.24) is 0 Å². The first-order chi connectivity index (χ1) is 5.61. The van der Waals surface area contributed by atoms with E-state index in [9.17, 15) is 4.21 Å². The highest BCUT2D eigenvalue weighted by Gasteiger charge is 2.11. The number of rotatable bonds is 2. The monoisotopic (exact) mass is 242 g/mol. The summed E-state index contributed by atoms with van der Waals surface area (Å²) in [6, 6.07) is 6.56. The Morgan fingerprint density at radius 2 is 1.67 bits per heavy atom. The minimum absolute atomic E-state index is 0.578. The van der Waals surface area contributed by atoms with Crippen LogP contribution in [0.3, 0.4) is 0 Å². The molecule has 0 heterocycles. The molecule has 1 unspecified atom stereocenters. The predicted molar refractivity (Wildman–Crippen MR) is 53.4 cm³/mol. The van der Waals surface area contributed by atoms with Crippen LogP contribution in [0.1, 0.15) is 0 Å². The molecule has 66 valence electrons. The van der Waals surface area contributed by atoms with Gasteiger partial charge in [0.05, 0.1) is 10.8 Å². The van der Waals surface area contributed by atoms with Gasteiger partial charge in [-0.3, -0.25) is 4.21 Å². The van der Waals surface area contributed by atoms with E-state index >= 15 is 0 Å². The highest BCUT2D eigenvalue weighted by molar-refractivity contribution is 7.88. The van der Waals surface area contributed by atoms with Gasteiger partial charge in [-0.1, -0.05) is 34.8 Å². The number of benzene rings is 1. The van der Waals surface area contributed by atoms with Crippen LogP contribution in [0.2, 0.25) is 5.02 Å². The van der Waals surface area contributed by atoms with Crippen LogP contribution < -0.4 is 0 Å². The molecule has 0 bridgehead atoms. The first kappa shape index (κ1) is 10.3. The summed E-state index contributed by atoms with van der Waals surface area (Å²) in [5.41, 5.74) is 0. The van der Waals surface area contributed by atoms with E-state index in [0.29, 0.717) is 9.92 Å². The Hall–Kier alpha value is 0.240. The van der Waals surface area contributed by atoms with E-state index in [-0.39, 0.29) is 0 Å². The molecule has 0 N–H and O–H groups in total. The molecular formula is C7H5Cl3OS. The summed E-state index contributed by atoms with van der Waals surface area (Å²) in [4.78, 5) is 0.578. The second-order valence-electron chi connectivity index (χ2n) is 2.01. The summed E-state index contributed by atoms with van der Waals surface area (Å²) < 4.78 is 10.4. The van der Waals surface area contributed by atoms with Gasteiger partial charge in [-0.05, 0) is 24.3 Å². The van der Waals surface area contributed by atoms with Crippen LogP contribution in [0.25, 0.3) is 0 Å². The van der Waals surface area contributed by atoms with E-state index in [4.69, 9.17) is 34.8 Å². The molecule has 0 saturated carbocycles. The highest BCUT2D eigenvalue weighted by Crippen LogP contribution is 2.19. The molecule has 0 radical (unpaired) electrons. The Bertz CT molecular complexity index is 283. The molecule has 12 heavy (non-hydrogen) atoms. The van der Waals surface area contributed by atoms with Crippen LogP contribution in [0.5, 0.6) is 0 Å². The Kier molecular flexibility index (Phi) is 3.84. The van der Waals surface area contributed by atoms with Crippen molar-refractivity contribution in [3.63, 3.8) is 0 Å². The fourth-order valence-corrected chi connectivity index (χ4v) is 2.02. The lowest BCUT2D eigenvalue weighted by atomic mass is 10.4. The zero-order chi connectivity index (χ0) is 9.14. The highest BCUT2D eigenvalue weighted by atomic mass is 35.5. The zero-order valence-electron chi connectivity index (χ0n) is 5.84. The summed E-state index contributed by atoms with van der Waals surface area (Å²) in [6.07, 6.45) is 0. The molecule has 1 aromatic carbocycles. The van der Waals surface area contributed by atoms with Crippen LogP contribution in [-0.4, -0.2) is 8.38 Å². The molecule has 1 rings (SSSR count). The third kappa shape index (κ3) is 2.63. The van der Waals surface area contributed by atoms with Crippen LogP contribution in [0.4, 0.5) is 0 Å². The Morgan fingerprint density at radius 3 is 2.08 bits per heavy atom. The van der Waals surface area contributed by atoms with Crippen molar-refractivity contribution >= 4 is 45.6 Å². The summed E-state index contributed by atoms with van der Waals surface area (Å²) in [6.45, 7) is 0. The van der Waals surface area contributed by atoms with Crippen molar-refractivity contribution in [3.05, 3.63) is 29.3 Å². The molecule has 0 amide bonds. The first-order valence-corrected chi connectivity index (χ1v) is 5.52. The normalized spacial score (nSPS) is 13.3. The van der Waals surface area contributed by atoms with E-state index in [0.717, 1.165) is 0 Å². The minimum Gasteiger partial charge on any atom is -0.252 e. The fourth-order valence-electron chi connectivity index (χ4n) is 0.672. The van der Waals surface area contributed by atoms with Crippen molar-refractivity contribution in [2.45, 2.75) is 9.06 Å². The lowest BCUT2D eigenvalue weighted by Crippen LogP contribution is -1.99. The standard InChI is InChI=1S/C7H5Cl3OS/c8-5-1-3-6(4-2-5)12(11)7(9)10/h1-4,7H. The third-order valence-corrected chi connectivity index (χ3v) is 3.49. The molecule has 0 fully saturated rings. The maximum Gasteiger partial charge on any atom is 0.186 e. The molecule has 0 aromatic heterocycles. The summed E-state index contributed by atoms with van der Waals surface area (Å²) >= 11 is 16.5. The molecule has 1 nitrogen and oxygen atoms in total. The molecule has 0 saturated heterocycles. The molecule has 0 spiro atoms. The summed E-state index contributed by atoms with van der Waals surface area (Å²) in [5.74, 6) is 0. The zero-order valence-corrected chi connectivity index (χ0v) is 8.92. The van der Waals surface area contributed by atoms with Gasteiger partial charge in [-0.15, -0.1) is 0 Å². The molecule has 0 aliphatic carbocycles.